The van der Waals surface area contributed by atoms with Crippen molar-refractivity contribution >= 4 is 43.6 Å². The number of aryl methyl sites for hydroxylation is 2. The molecule has 2 N–H and O–H groups in total. The lowest BCUT2D eigenvalue weighted by molar-refractivity contribution is -0.115. The maximum Gasteiger partial charge on any atom is 0.230 e. The van der Waals surface area contributed by atoms with Crippen LogP contribution in [-0.4, -0.2) is 25.6 Å². The molecule has 1 aromatic heterocycles. The molecule has 0 radical (unpaired) electrons. The van der Waals surface area contributed by atoms with E-state index in [2.05, 4.69) is 15.6 Å². The van der Waals surface area contributed by atoms with E-state index < -0.39 is 9.84 Å². The van der Waals surface area contributed by atoms with Crippen molar-refractivity contribution in [2.75, 3.05) is 16.9 Å². The number of sulfone groups is 1. The Bertz CT molecular complexity index is 1100. The van der Waals surface area contributed by atoms with Gasteiger partial charge in [-0.1, -0.05) is 17.7 Å². The maximum absolute atomic E-state index is 12.3. The van der Waals surface area contributed by atoms with Gasteiger partial charge in [-0.05, 0) is 49.7 Å². The van der Waals surface area contributed by atoms with Crippen LogP contribution in [0.5, 0.6) is 0 Å². The van der Waals surface area contributed by atoms with Crippen LogP contribution in [0.1, 0.15) is 16.8 Å². The first kappa shape index (κ1) is 20.0. The molecule has 0 aliphatic rings. The number of benzene rings is 2. The molecule has 0 aliphatic heterocycles. The fourth-order valence-electron chi connectivity index (χ4n) is 2.67. The van der Waals surface area contributed by atoms with Gasteiger partial charge in [0.1, 0.15) is 0 Å². The molecule has 0 saturated carbocycles. The Morgan fingerprint density at radius 2 is 1.82 bits per heavy atom. The zero-order valence-electron chi connectivity index (χ0n) is 15.8. The lowest BCUT2D eigenvalue weighted by atomic mass is 10.1. The number of aromatic nitrogens is 1. The molecular weight excluding hydrogens is 394 g/mol. The third-order valence-electron chi connectivity index (χ3n) is 4.08. The fourth-order valence-corrected chi connectivity index (χ4v) is 4.03. The second-order valence-corrected chi connectivity index (χ2v) is 9.48. The summed E-state index contributed by atoms with van der Waals surface area (Å²) in [5, 5.41) is 8.50. The zero-order valence-corrected chi connectivity index (χ0v) is 17.4. The largest absolute Gasteiger partial charge is 0.332 e. The highest BCUT2D eigenvalue weighted by molar-refractivity contribution is 7.90. The van der Waals surface area contributed by atoms with Crippen LogP contribution >= 0.6 is 11.3 Å². The van der Waals surface area contributed by atoms with Gasteiger partial charge in [0.05, 0.1) is 17.0 Å². The van der Waals surface area contributed by atoms with Gasteiger partial charge in [-0.15, -0.1) is 11.3 Å². The first-order valence-corrected chi connectivity index (χ1v) is 11.4. The number of hydrogen-bond donors (Lipinski definition) is 2. The summed E-state index contributed by atoms with van der Waals surface area (Å²) in [6.07, 6.45) is 1.35. The number of carbonyl (C=O) groups is 1. The molecule has 0 fully saturated rings. The van der Waals surface area contributed by atoms with Crippen molar-refractivity contribution in [2.45, 2.75) is 25.2 Å². The topological polar surface area (TPSA) is 88.2 Å². The van der Waals surface area contributed by atoms with Gasteiger partial charge in [0.25, 0.3) is 0 Å². The van der Waals surface area contributed by atoms with E-state index in [0.717, 1.165) is 22.5 Å². The average Bonchev–Trinajstić information content (AvgIpc) is 3.04. The highest BCUT2D eigenvalue weighted by atomic mass is 32.2. The second-order valence-electron chi connectivity index (χ2n) is 6.61. The molecule has 0 atom stereocenters. The fraction of sp³-hybridized carbons (Fsp3) is 0.200. The van der Waals surface area contributed by atoms with Crippen LogP contribution in [0.2, 0.25) is 0 Å². The monoisotopic (exact) mass is 415 g/mol. The van der Waals surface area contributed by atoms with Crippen LogP contribution in [-0.2, 0) is 21.1 Å². The van der Waals surface area contributed by atoms with Gasteiger partial charge in [-0.2, -0.15) is 0 Å². The predicted molar refractivity (Wildman–Crippen MR) is 113 cm³/mol. The summed E-state index contributed by atoms with van der Waals surface area (Å²) in [5.74, 6) is -0.124. The summed E-state index contributed by atoms with van der Waals surface area (Å²) in [6, 6.07) is 12.3. The SMILES string of the molecule is Cc1ccc(NC(=O)Cc2csc(Nc3ccc(S(C)(=O)=O)cc3)n2)c(C)c1. The standard InChI is InChI=1S/C20H21N3O3S2/c1-13-4-9-18(14(2)10-13)23-19(24)11-16-12-27-20(22-16)21-15-5-7-17(8-6-15)28(3,25)26/h4-10,12H,11H2,1-3H3,(H,21,22)(H,23,24). The number of nitrogens with one attached hydrogen (secondary N) is 2. The Morgan fingerprint density at radius 3 is 2.46 bits per heavy atom. The van der Waals surface area contributed by atoms with Crippen molar-refractivity contribution in [1.82, 2.24) is 4.98 Å². The summed E-state index contributed by atoms with van der Waals surface area (Å²) < 4.78 is 23.0. The highest BCUT2D eigenvalue weighted by Gasteiger charge is 2.10. The van der Waals surface area contributed by atoms with E-state index in [4.69, 9.17) is 0 Å². The highest BCUT2D eigenvalue weighted by Crippen LogP contribution is 2.23. The molecule has 0 spiro atoms. The Hall–Kier alpha value is -2.71. The van der Waals surface area contributed by atoms with E-state index in [1.165, 1.54) is 17.6 Å². The third kappa shape index (κ3) is 5.17. The summed E-state index contributed by atoms with van der Waals surface area (Å²) in [7, 11) is -3.22. The summed E-state index contributed by atoms with van der Waals surface area (Å²) >= 11 is 1.39. The number of nitrogens with zero attached hydrogens (tertiary/aromatic N) is 1. The molecule has 0 unspecified atom stereocenters. The predicted octanol–water partition coefficient (Wildman–Crippen LogP) is 4.09. The molecule has 146 valence electrons. The molecule has 2 aromatic carbocycles. The lowest BCUT2D eigenvalue weighted by Crippen LogP contribution is -2.15. The quantitative estimate of drug-likeness (QED) is 0.633. The van der Waals surface area contributed by atoms with Gasteiger partial charge < -0.3 is 10.6 Å². The van der Waals surface area contributed by atoms with Crippen LogP contribution < -0.4 is 10.6 Å². The van der Waals surface area contributed by atoms with Crippen molar-refractivity contribution in [1.29, 1.82) is 0 Å². The molecule has 3 rings (SSSR count). The van der Waals surface area contributed by atoms with E-state index in [1.54, 1.807) is 24.3 Å². The van der Waals surface area contributed by atoms with Gasteiger partial charge in [0.15, 0.2) is 15.0 Å². The van der Waals surface area contributed by atoms with E-state index >= 15 is 0 Å². The average molecular weight is 416 g/mol. The van der Waals surface area contributed by atoms with Crippen molar-refractivity contribution in [3.05, 3.63) is 64.7 Å². The van der Waals surface area contributed by atoms with Crippen LogP contribution in [0.15, 0.2) is 52.7 Å². The van der Waals surface area contributed by atoms with Crippen molar-refractivity contribution in [2.24, 2.45) is 0 Å². The minimum absolute atomic E-state index is 0.124. The van der Waals surface area contributed by atoms with E-state index in [9.17, 15) is 13.2 Å². The number of thiazole rings is 1. The van der Waals surface area contributed by atoms with Gasteiger partial charge in [-0.3, -0.25) is 4.79 Å². The third-order valence-corrected chi connectivity index (χ3v) is 6.02. The smallest absolute Gasteiger partial charge is 0.230 e. The van der Waals surface area contributed by atoms with E-state index in [1.807, 2.05) is 37.4 Å². The Morgan fingerprint density at radius 1 is 1.11 bits per heavy atom. The molecule has 28 heavy (non-hydrogen) atoms. The van der Waals surface area contributed by atoms with Crippen molar-refractivity contribution in [3.8, 4) is 0 Å². The van der Waals surface area contributed by atoms with Gasteiger partial charge in [-0.25, -0.2) is 13.4 Å². The number of carbonyl (C=O) groups excluding carboxylic acids is 1. The summed E-state index contributed by atoms with van der Waals surface area (Å²) in [5.41, 5.74) is 4.37. The first-order valence-electron chi connectivity index (χ1n) is 8.59. The normalized spacial score (nSPS) is 11.2. The van der Waals surface area contributed by atoms with E-state index in [0.29, 0.717) is 10.8 Å². The molecule has 0 aliphatic carbocycles. The van der Waals surface area contributed by atoms with Crippen molar-refractivity contribution < 1.29 is 13.2 Å². The van der Waals surface area contributed by atoms with E-state index in [-0.39, 0.29) is 17.2 Å². The summed E-state index contributed by atoms with van der Waals surface area (Å²) in [4.78, 5) is 17.0. The molecule has 0 saturated heterocycles. The van der Waals surface area contributed by atoms with Crippen molar-refractivity contribution in [3.63, 3.8) is 0 Å². The second kappa shape index (κ2) is 8.12. The summed E-state index contributed by atoms with van der Waals surface area (Å²) in [6.45, 7) is 3.97. The van der Waals surface area contributed by atoms with Crippen LogP contribution in [0, 0.1) is 13.8 Å². The Labute approximate surface area is 168 Å². The molecular formula is C20H21N3O3S2. The minimum atomic E-state index is -3.22. The molecule has 6 nitrogen and oxygen atoms in total. The zero-order chi connectivity index (χ0) is 20.3. The molecule has 0 bridgehead atoms. The molecule has 8 heteroatoms. The Balaban J connectivity index is 1.61. The number of rotatable bonds is 6. The van der Waals surface area contributed by atoms with Crippen LogP contribution in [0.25, 0.3) is 0 Å². The number of hydrogen-bond acceptors (Lipinski definition) is 6. The van der Waals surface area contributed by atoms with Gasteiger partial charge in [0, 0.05) is 23.0 Å². The Kier molecular flexibility index (Phi) is 5.81. The van der Waals surface area contributed by atoms with Gasteiger partial charge in [0.2, 0.25) is 5.91 Å². The first-order chi connectivity index (χ1) is 13.2. The molecule has 3 aromatic rings. The number of amides is 1. The molecule has 1 heterocycles. The van der Waals surface area contributed by atoms with Gasteiger partial charge >= 0.3 is 0 Å². The minimum Gasteiger partial charge on any atom is -0.332 e. The maximum atomic E-state index is 12.3. The lowest BCUT2D eigenvalue weighted by Gasteiger charge is -2.08. The molecule has 1 amide bonds. The van der Waals surface area contributed by atoms with Crippen LogP contribution in [0.4, 0.5) is 16.5 Å². The van der Waals surface area contributed by atoms with Crippen LogP contribution in [0.3, 0.4) is 0 Å². The number of anilines is 3.